The number of phenolic OH excluding ortho intramolecular Hbond substituents is 1. The van der Waals surface area contributed by atoms with E-state index in [9.17, 15) is 5.11 Å². The number of hydrogen-bond acceptors (Lipinski definition) is 4. The summed E-state index contributed by atoms with van der Waals surface area (Å²) >= 11 is 3.46. The third-order valence-corrected chi connectivity index (χ3v) is 5.23. The summed E-state index contributed by atoms with van der Waals surface area (Å²) in [5, 5.41) is 13.9. The minimum absolute atomic E-state index is 0. The Balaban J connectivity index is 0.00000132. The van der Waals surface area contributed by atoms with Crippen molar-refractivity contribution >= 4 is 40.7 Å². The van der Waals surface area contributed by atoms with E-state index in [0.29, 0.717) is 11.7 Å². The lowest BCUT2D eigenvalue weighted by Crippen LogP contribution is -2.47. The van der Waals surface area contributed by atoms with E-state index in [1.807, 2.05) is 12.1 Å². The molecule has 1 atom stereocenters. The summed E-state index contributed by atoms with van der Waals surface area (Å²) < 4.78 is 6.31. The summed E-state index contributed by atoms with van der Waals surface area (Å²) in [6.07, 6.45) is 2.14. The van der Waals surface area contributed by atoms with E-state index >= 15 is 0 Å². The van der Waals surface area contributed by atoms with Gasteiger partial charge in [-0.05, 0) is 40.8 Å². The van der Waals surface area contributed by atoms with Crippen LogP contribution in [0, 0.1) is 5.92 Å². The third-order valence-electron chi connectivity index (χ3n) is 4.59. The highest BCUT2D eigenvalue weighted by Gasteiger charge is 2.33. The van der Waals surface area contributed by atoms with Crippen molar-refractivity contribution in [1.82, 2.24) is 10.2 Å². The van der Waals surface area contributed by atoms with Crippen molar-refractivity contribution < 1.29 is 9.84 Å². The highest BCUT2D eigenvalue weighted by molar-refractivity contribution is 9.10. The molecule has 0 aromatic heterocycles. The molecule has 3 rings (SSSR count). The number of rotatable bonds is 3. The molecule has 0 unspecified atom stereocenters. The molecule has 4 nitrogen and oxygen atoms in total. The second-order valence-electron chi connectivity index (χ2n) is 5.86. The van der Waals surface area contributed by atoms with Gasteiger partial charge >= 0.3 is 0 Å². The molecule has 2 heterocycles. The molecular weight excluding hydrogens is 403 g/mol. The van der Waals surface area contributed by atoms with Gasteiger partial charge < -0.3 is 15.2 Å². The molecule has 0 saturated carbocycles. The topological polar surface area (TPSA) is 44.7 Å². The summed E-state index contributed by atoms with van der Waals surface area (Å²) in [6, 6.07) is 6.28. The molecule has 1 aromatic rings. The highest BCUT2D eigenvalue weighted by atomic mass is 79.9. The fourth-order valence-corrected chi connectivity index (χ4v) is 3.89. The van der Waals surface area contributed by atoms with Crippen LogP contribution in [0.2, 0.25) is 0 Å². The number of aromatic hydroxyl groups is 1. The quantitative estimate of drug-likeness (QED) is 0.776. The van der Waals surface area contributed by atoms with E-state index in [1.165, 1.54) is 0 Å². The van der Waals surface area contributed by atoms with Crippen LogP contribution in [0.5, 0.6) is 5.75 Å². The lowest BCUT2D eigenvalue weighted by atomic mass is 9.85. The molecule has 0 spiro atoms. The van der Waals surface area contributed by atoms with Crippen molar-refractivity contribution in [2.75, 3.05) is 39.4 Å². The van der Waals surface area contributed by atoms with Crippen molar-refractivity contribution in [3.05, 3.63) is 28.2 Å². The van der Waals surface area contributed by atoms with Gasteiger partial charge in [-0.1, -0.05) is 12.1 Å². The van der Waals surface area contributed by atoms with Gasteiger partial charge in [-0.25, -0.2) is 0 Å². The van der Waals surface area contributed by atoms with Gasteiger partial charge in [0.2, 0.25) is 0 Å². The smallest absolute Gasteiger partial charge is 0.134 e. The lowest BCUT2D eigenvalue weighted by molar-refractivity contribution is 0.0206. The maximum Gasteiger partial charge on any atom is 0.134 e. The van der Waals surface area contributed by atoms with Crippen molar-refractivity contribution in [2.24, 2.45) is 5.92 Å². The van der Waals surface area contributed by atoms with Crippen LogP contribution in [0.4, 0.5) is 0 Å². The third kappa shape index (κ3) is 4.97. The average molecular weight is 428 g/mol. The molecule has 2 aliphatic rings. The van der Waals surface area contributed by atoms with Gasteiger partial charge in [-0.3, -0.25) is 4.90 Å². The van der Waals surface area contributed by atoms with Gasteiger partial charge in [-0.15, -0.1) is 24.8 Å². The molecule has 0 bridgehead atoms. The maximum atomic E-state index is 10.5. The zero-order valence-electron chi connectivity index (χ0n) is 13.0. The van der Waals surface area contributed by atoms with Crippen LogP contribution in [-0.4, -0.2) is 49.4 Å². The van der Waals surface area contributed by atoms with E-state index in [2.05, 4.69) is 32.2 Å². The predicted molar refractivity (Wildman–Crippen MR) is 101 cm³/mol. The summed E-state index contributed by atoms with van der Waals surface area (Å²) in [6.45, 7) is 5.79. The Hall–Kier alpha value is -0.0400. The minimum atomic E-state index is 0. The van der Waals surface area contributed by atoms with Crippen LogP contribution in [-0.2, 0) is 4.74 Å². The van der Waals surface area contributed by atoms with Gasteiger partial charge in [0.25, 0.3) is 0 Å². The Morgan fingerprint density at radius 2 is 1.83 bits per heavy atom. The minimum Gasteiger partial charge on any atom is -0.506 e. The first-order valence-electron chi connectivity index (χ1n) is 7.77. The molecule has 2 fully saturated rings. The average Bonchev–Trinajstić information content (AvgIpc) is 2.54. The SMILES string of the molecule is Cl.Cl.Oc1c(Br)cccc1[C@@H](C1CCOCC1)N1CCNCC1. The van der Waals surface area contributed by atoms with Gasteiger partial charge in [0, 0.05) is 51.0 Å². The normalized spacial score (nSPS) is 21.1. The van der Waals surface area contributed by atoms with Crippen LogP contribution >= 0.6 is 40.7 Å². The standard InChI is InChI=1S/C16H23BrN2O2.2ClH/c17-14-3-1-2-13(16(14)20)15(12-4-10-21-11-5-12)19-8-6-18-7-9-19;;/h1-3,12,15,18,20H,4-11H2;2*1H/t15-;;/m1../s1. The second kappa shape index (κ2) is 10.1. The van der Waals surface area contributed by atoms with Crippen LogP contribution in [0.1, 0.15) is 24.4 Å². The van der Waals surface area contributed by atoms with Gasteiger partial charge in [0.15, 0.2) is 0 Å². The maximum absolute atomic E-state index is 10.5. The molecule has 0 aliphatic carbocycles. The number of piperazine rings is 1. The summed E-state index contributed by atoms with van der Waals surface area (Å²) in [7, 11) is 0. The Morgan fingerprint density at radius 3 is 2.48 bits per heavy atom. The van der Waals surface area contributed by atoms with Crippen molar-refractivity contribution in [2.45, 2.75) is 18.9 Å². The van der Waals surface area contributed by atoms with Crippen LogP contribution in [0.3, 0.4) is 0 Å². The fourth-order valence-electron chi connectivity index (χ4n) is 3.51. The van der Waals surface area contributed by atoms with Gasteiger partial charge in [-0.2, -0.15) is 0 Å². The molecule has 0 radical (unpaired) electrons. The molecule has 7 heteroatoms. The molecular formula is C16H25BrCl2N2O2. The van der Waals surface area contributed by atoms with Crippen molar-refractivity contribution in [3.63, 3.8) is 0 Å². The summed E-state index contributed by atoms with van der Waals surface area (Å²) in [4.78, 5) is 2.52. The fraction of sp³-hybridized carbons (Fsp3) is 0.625. The molecule has 132 valence electrons. The second-order valence-corrected chi connectivity index (χ2v) is 6.71. The Kier molecular flexibility index (Phi) is 9.19. The molecule has 2 saturated heterocycles. The number of benzene rings is 1. The van der Waals surface area contributed by atoms with Gasteiger partial charge in [0.05, 0.1) is 4.47 Å². The molecule has 23 heavy (non-hydrogen) atoms. The molecule has 0 amide bonds. The summed E-state index contributed by atoms with van der Waals surface area (Å²) in [5.74, 6) is 0.949. The van der Waals surface area contributed by atoms with Crippen LogP contribution in [0.25, 0.3) is 0 Å². The number of nitrogens with one attached hydrogen (secondary N) is 1. The highest BCUT2D eigenvalue weighted by Crippen LogP contribution is 2.41. The van der Waals surface area contributed by atoms with E-state index in [4.69, 9.17) is 4.74 Å². The number of nitrogens with zero attached hydrogens (tertiary/aromatic N) is 1. The first-order valence-corrected chi connectivity index (χ1v) is 8.56. The van der Waals surface area contributed by atoms with Crippen LogP contribution in [0.15, 0.2) is 22.7 Å². The molecule has 2 N–H and O–H groups in total. The zero-order valence-corrected chi connectivity index (χ0v) is 16.3. The number of phenols is 1. The van der Waals surface area contributed by atoms with E-state index < -0.39 is 0 Å². The van der Waals surface area contributed by atoms with Crippen LogP contribution < -0.4 is 5.32 Å². The van der Waals surface area contributed by atoms with E-state index in [1.54, 1.807) is 0 Å². The Bertz CT molecular complexity index is 463. The first kappa shape index (κ1) is 21.0. The number of ether oxygens (including phenoxy) is 1. The van der Waals surface area contributed by atoms with Gasteiger partial charge in [0.1, 0.15) is 5.75 Å². The van der Waals surface area contributed by atoms with Crippen molar-refractivity contribution in [3.8, 4) is 5.75 Å². The van der Waals surface area contributed by atoms with E-state index in [-0.39, 0.29) is 30.9 Å². The largest absolute Gasteiger partial charge is 0.506 e. The molecule has 1 aromatic carbocycles. The number of hydrogen-bond donors (Lipinski definition) is 2. The molecule has 2 aliphatic heterocycles. The van der Waals surface area contributed by atoms with E-state index in [0.717, 1.165) is 62.3 Å². The Morgan fingerprint density at radius 1 is 1.17 bits per heavy atom. The number of halogens is 3. The monoisotopic (exact) mass is 426 g/mol. The lowest BCUT2D eigenvalue weighted by Gasteiger charge is -2.41. The van der Waals surface area contributed by atoms with Crippen molar-refractivity contribution in [1.29, 1.82) is 0 Å². The number of para-hydroxylation sites is 1. The first-order chi connectivity index (χ1) is 10.3. The zero-order chi connectivity index (χ0) is 14.7. The predicted octanol–water partition coefficient (Wildman–Crippen LogP) is 3.37. The Labute approximate surface area is 158 Å². The summed E-state index contributed by atoms with van der Waals surface area (Å²) in [5.41, 5.74) is 1.05.